The van der Waals surface area contributed by atoms with Crippen LogP contribution >= 0.6 is 0 Å². The Kier molecular flexibility index (Phi) is 5.92. The van der Waals surface area contributed by atoms with Crippen LogP contribution in [-0.2, 0) is 4.79 Å². The third kappa shape index (κ3) is 4.92. The van der Waals surface area contributed by atoms with Crippen LogP contribution in [0.25, 0.3) is 0 Å². The van der Waals surface area contributed by atoms with Crippen molar-refractivity contribution >= 4 is 17.6 Å². The summed E-state index contributed by atoms with van der Waals surface area (Å²) >= 11 is 0. The van der Waals surface area contributed by atoms with Gasteiger partial charge in [0, 0.05) is 25.2 Å². The van der Waals surface area contributed by atoms with Crippen LogP contribution in [0, 0.1) is 11.7 Å². The number of nitrogens with zero attached hydrogens (tertiary/aromatic N) is 1. The number of carbonyl (C=O) groups excluding carboxylic acids is 2. The Hall–Kier alpha value is -2.15. The van der Waals surface area contributed by atoms with E-state index >= 15 is 0 Å². The molecule has 23 heavy (non-hydrogen) atoms. The Bertz CT molecular complexity index is 567. The molecule has 0 spiro atoms. The number of anilines is 1. The van der Waals surface area contributed by atoms with Gasteiger partial charge in [0.05, 0.1) is 12.5 Å². The van der Waals surface area contributed by atoms with Crippen LogP contribution < -0.4 is 16.4 Å². The highest BCUT2D eigenvalue weighted by Crippen LogP contribution is 2.18. The van der Waals surface area contributed by atoms with Crippen molar-refractivity contribution in [3.8, 4) is 0 Å². The standard InChI is InChI=1S/C16H23FN4O2/c1-2-6-19-16(23)21-9-11(7-13(18)10-21)15(22)20-14-5-3-4-12(17)8-14/h3-5,8,11,13H,2,6-7,9-10,18H2,1H3,(H,19,23)(H,20,22)/p+1/t11-,13+/m0/s1. The molecule has 0 bridgehead atoms. The van der Waals surface area contributed by atoms with Gasteiger partial charge in [-0.1, -0.05) is 13.0 Å². The number of hydrogen-bond acceptors (Lipinski definition) is 2. The molecule has 5 N–H and O–H groups in total. The van der Waals surface area contributed by atoms with Crippen molar-refractivity contribution in [2.45, 2.75) is 25.8 Å². The minimum Gasteiger partial charge on any atom is -0.354 e. The molecule has 1 heterocycles. The number of likely N-dealkylation sites (tertiary alicyclic amines) is 1. The molecular formula is C16H24FN4O2+. The van der Waals surface area contributed by atoms with E-state index in [-0.39, 0.29) is 23.9 Å². The zero-order chi connectivity index (χ0) is 16.8. The molecule has 0 aromatic heterocycles. The zero-order valence-electron chi connectivity index (χ0n) is 13.3. The fourth-order valence-corrected chi connectivity index (χ4v) is 2.71. The maximum Gasteiger partial charge on any atom is 0.317 e. The number of benzene rings is 1. The van der Waals surface area contributed by atoms with E-state index in [1.165, 1.54) is 12.1 Å². The van der Waals surface area contributed by atoms with Crippen molar-refractivity contribution in [3.05, 3.63) is 30.1 Å². The number of rotatable bonds is 4. The van der Waals surface area contributed by atoms with E-state index in [4.69, 9.17) is 0 Å². The molecule has 0 unspecified atom stereocenters. The average Bonchev–Trinajstić information content (AvgIpc) is 2.52. The van der Waals surface area contributed by atoms with E-state index in [0.29, 0.717) is 31.7 Å². The first-order valence-corrected chi connectivity index (χ1v) is 7.92. The number of nitrogens with one attached hydrogen (secondary N) is 2. The van der Waals surface area contributed by atoms with Gasteiger partial charge in [0.2, 0.25) is 5.91 Å². The summed E-state index contributed by atoms with van der Waals surface area (Å²) in [6, 6.07) is 5.61. The van der Waals surface area contributed by atoms with Gasteiger partial charge in [-0.25, -0.2) is 9.18 Å². The number of urea groups is 1. The van der Waals surface area contributed by atoms with Gasteiger partial charge in [0.1, 0.15) is 11.9 Å². The monoisotopic (exact) mass is 323 g/mol. The van der Waals surface area contributed by atoms with Crippen LogP contribution in [0.3, 0.4) is 0 Å². The number of hydrogen-bond donors (Lipinski definition) is 3. The minimum atomic E-state index is -0.401. The fraction of sp³-hybridized carbons (Fsp3) is 0.500. The van der Waals surface area contributed by atoms with Gasteiger partial charge in [-0.2, -0.15) is 0 Å². The van der Waals surface area contributed by atoms with Crippen LogP contribution in [0.1, 0.15) is 19.8 Å². The lowest BCUT2D eigenvalue weighted by Crippen LogP contribution is -2.70. The van der Waals surface area contributed by atoms with E-state index in [2.05, 4.69) is 16.4 Å². The average molecular weight is 323 g/mol. The minimum absolute atomic E-state index is 0.000569. The molecular weight excluding hydrogens is 299 g/mol. The third-order valence-electron chi connectivity index (χ3n) is 3.81. The van der Waals surface area contributed by atoms with E-state index in [0.717, 1.165) is 6.42 Å². The largest absolute Gasteiger partial charge is 0.354 e. The highest BCUT2D eigenvalue weighted by Gasteiger charge is 2.34. The number of piperidine rings is 1. The predicted octanol–water partition coefficient (Wildman–Crippen LogP) is 0.816. The number of quaternary nitrogens is 1. The maximum absolute atomic E-state index is 13.2. The summed E-state index contributed by atoms with van der Waals surface area (Å²) in [5.74, 6) is -0.957. The van der Waals surface area contributed by atoms with Crippen molar-refractivity contribution in [1.82, 2.24) is 10.2 Å². The normalized spacial score (nSPS) is 20.9. The molecule has 0 saturated carbocycles. The predicted molar refractivity (Wildman–Crippen MR) is 85.1 cm³/mol. The van der Waals surface area contributed by atoms with E-state index in [9.17, 15) is 14.0 Å². The fourth-order valence-electron chi connectivity index (χ4n) is 2.71. The summed E-state index contributed by atoms with van der Waals surface area (Å²) in [6.07, 6.45) is 1.47. The Labute approximate surface area is 135 Å². The summed E-state index contributed by atoms with van der Waals surface area (Å²) in [7, 11) is 0. The summed E-state index contributed by atoms with van der Waals surface area (Å²) in [5.41, 5.74) is 4.42. The van der Waals surface area contributed by atoms with Crippen molar-refractivity contribution in [1.29, 1.82) is 0 Å². The lowest BCUT2D eigenvalue weighted by Gasteiger charge is -2.33. The molecule has 1 aliphatic rings. The van der Waals surface area contributed by atoms with Gasteiger partial charge in [0.25, 0.3) is 0 Å². The second-order valence-electron chi connectivity index (χ2n) is 5.94. The first-order chi connectivity index (χ1) is 11.0. The Morgan fingerprint density at radius 2 is 2.17 bits per heavy atom. The number of carbonyl (C=O) groups is 2. The Morgan fingerprint density at radius 3 is 2.87 bits per heavy atom. The van der Waals surface area contributed by atoms with Gasteiger partial charge in [0.15, 0.2) is 0 Å². The van der Waals surface area contributed by atoms with E-state index in [1.54, 1.807) is 17.0 Å². The molecule has 2 rings (SSSR count). The van der Waals surface area contributed by atoms with Crippen LogP contribution in [0.15, 0.2) is 24.3 Å². The van der Waals surface area contributed by atoms with Crippen LogP contribution in [0.5, 0.6) is 0 Å². The van der Waals surface area contributed by atoms with Gasteiger partial charge in [-0.15, -0.1) is 0 Å². The Balaban J connectivity index is 1.97. The third-order valence-corrected chi connectivity index (χ3v) is 3.81. The van der Waals surface area contributed by atoms with Gasteiger partial charge >= 0.3 is 6.03 Å². The zero-order valence-corrected chi connectivity index (χ0v) is 13.3. The topological polar surface area (TPSA) is 89.1 Å². The van der Waals surface area contributed by atoms with Crippen LogP contribution in [0.4, 0.5) is 14.9 Å². The van der Waals surface area contributed by atoms with Crippen LogP contribution in [0.2, 0.25) is 0 Å². The lowest BCUT2D eigenvalue weighted by atomic mass is 9.94. The van der Waals surface area contributed by atoms with Crippen molar-refractivity contribution < 1.29 is 19.7 Å². The van der Waals surface area contributed by atoms with E-state index < -0.39 is 5.82 Å². The maximum atomic E-state index is 13.2. The molecule has 1 aromatic carbocycles. The molecule has 126 valence electrons. The first-order valence-electron chi connectivity index (χ1n) is 7.92. The highest BCUT2D eigenvalue weighted by atomic mass is 19.1. The van der Waals surface area contributed by atoms with Gasteiger partial charge in [-0.3, -0.25) is 4.79 Å². The smallest absolute Gasteiger partial charge is 0.317 e. The van der Waals surface area contributed by atoms with Crippen LogP contribution in [-0.4, -0.2) is 42.5 Å². The summed E-state index contributed by atoms with van der Waals surface area (Å²) in [5, 5.41) is 5.53. The molecule has 3 amide bonds. The summed E-state index contributed by atoms with van der Waals surface area (Å²) < 4.78 is 13.2. The highest BCUT2D eigenvalue weighted by molar-refractivity contribution is 5.93. The summed E-state index contributed by atoms with van der Waals surface area (Å²) in [4.78, 5) is 26.1. The molecule has 0 aliphatic carbocycles. The molecule has 1 aromatic rings. The van der Waals surface area contributed by atoms with Crippen molar-refractivity contribution in [3.63, 3.8) is 0 Å². The van der Waals surface area contributed by atoms with E-state index in [1.807, 2.05) is 6.92 Å². The molecule has 7 heteroatoms. The molecule has 6 nitrogen and oxygen atoms in total. The quantitative estimate of drug-likeness (QED) is 0.766. The molecule has 1 aliphatic heterocycles. The first kappa shape index (κ1) is 17.2. The molecule has 1 saturated heterocycles. The Morgan fingerprint density at radius 1 is 1.39 bits per heavy atom. The SMILES string of the molecule is CCCNC(=O)N1C[C@H]([NH3+])C[C@H](C(=O)Nc2cccc(F)c2)C1. The number of amides is 3. The van der Waals surface area contributed by atoms with Gasteiger partial charge < -0.3 is 21.3 Å². The molecule has 1 fully saturated rings. The lowest BCUT2D eigenvalue weighted by molar-refractivity contribution is -0.427. The van der Waals surface area contributed by atoms with Crippen molar-refractivity contribution in [2.75, 3.05) is 25.0 Å². The van der Waals surface area contributed by atoms with Gasteiger partial charge in [-0.05, 0) is 24.6 Å². The molecule has 2 atom stereocenters. The number of halogens is 1. The molecule has 0 radical (unpaired) electrons. The second kappa shape index (κ2) is 7.92. The summed E-state index contributed by atoms with van der Waals surface area (Å²) in [6.45, 7) is 3.48. The van der Waals surface area contributed by atoms with Crippen molar-refractivity contribution in [2.24, 2.45) is 5.92 Å². The second-order valence-corrected chi connectivity index (χ2v) is 5.94.